The standard InChI is InChI=1S/C11H13N3O/c1-4-6-13-11(15)9-5-7-12-10(8-9)14(2)3/h1,5,7-8H,6H2,2-3H3,(H,13,15). The maximum atomic E-state index is 11.5. The number of aromatic nitrogens is 1. The summed E-state index contributed by atoms with van der Waals surface area (Å²) in [6.07, 6.45) is 6.65. The maximum absolute atomic E-state index is 11.5. The Balaban J connectivity index is 2.82. The molecule has 15 heavy (non-hydrogen) atoms. The molecule has 0 aliphatic carbocycles. The number of nitrogens with one attached hydrogen (secondary N) is 1. The molecule has 1 aromatic heterocycles. The molecule has 0 saturated carbocycles. The van der Waals surface area contributed by atoms with Crippen molar-refractivity contribution in [2.45, 2.75) is 0 Å². The molecule has 0 unspecified atom stereocenters. The number of carbonyl (C=O) groups excluding carboxylic acids is 1. The Bertz CT molecular complexity index is 393. The van der Waals surface area contributed by atoms with Gasteiger partial charge < -0.3 is 10.2 Å². The highest BCUT2D eigenvalue weighted by molar-refractivity contribution is 5.94. The van der Waals surface area contributed by atoms with Crippen LogP contribution in [0.15, 0.2) is 18.3 Å². The van der Waals surface area contributed by atoms with Crippen LogP contribution >= 0.6 is 0 Å². The van der Waals surface area contributed by atoms with Gasteiger partial charge in [-0.3, -0.25) is 4.79 Å². The Morgan fingerprint density at radius 2 is 2.40 bits per heavy atom. The summed E-state index contributed by atoms with van der Waals surface area (Å²) in [5.41, 5.74) is 0.559. The van der Waals surface area contributed by atoms with E-state index >= 15 is 0 Å². The number of hydrogen-bond donors (Lipinski definition) is 1. The number of pyridine rings is 1. The van der Waals surface area contributed by atoms with Crippen molar-refractivity contribution in [3.63, 3.8) is 0 Å². The summed E-state index contributed by atoms with van der Waals surface area (Å²) in [6, 6.07) is 3.37. The van der Waals surface area contributed by atoms with Crippen molar-refractivity contribution in [2.24, 2.45) is 0 Å². The first-order valence-corrected chi connectivity index (χ1v) is 4.50. The number of terminal acetylenes is 1. The summed E-state index contributed by atoms with van der Waals surface area (Å²) in [7, 11) is 3.73. The van der Waals surface area contributed by atoms with Gasteiger partial charge in [0.05, 0.1) is 6.54 Å². The molecule has 1 heterocycles. The van der Waals surface area contributed by atoms with Gasteiger partial charge in [-0.2, -0.15) is 0 Å². The second-order valence-corrected chi connectivity index (χ2v) is 3.18. The molecular weight excluding hydrogens is 190 g/mol. The number of amides is 1. The van der Waals surface area contributed by atoms with E-state index in [9.17, 15) is 4.79 Å². The first kappa shape index (κ1) is 11.1. The number of anilines is 1. The predicted molar refractivity (Wildman–Crippen MR) is 59.7 cm³/mol. The van der Waals surface area contributed by atoms with E-state index in [4.69, 9.17) is 6.42 Å². The third-order valence-electron chi connectivity index (χ3n) is 1.82. The molecule has 0 aliphatic heterocycles. The minimum absolute atomic E-state index is 0.182. The van der Waals surface area contributed by atoms with E-state index in [0.29, 0.717) is 5.56 Å². The fourth-order valence-electron chi connectivity index (χ4n) is 1.04. The quantitative estimate of drug-likeness (QED) is 0.728. The van der Waals surface area contributed by atoms with Gasteiger partial charge in [-0.1, -0.05) is 5.92 Å². The predicted octanol–water partition coefficient (Wildman–Crippen LogP) is 0.511. The molecule has 0 atom stereocenters. The lowest BCUT2D eigenvalue weighted by Crippen LogP contribution is -2.24. The third kappa shape index (κ3) is 2.99. The van der Waals surface area contributed by atoms with Gasteiger partial charge in [0.1, 0.15) is 5.82 Å². The topological polar surface area (TPSA) is 45.2 Å². The summed E-state index contributed by atoms with van der Waals surface area (Å²) in [5.74, 6) is 2.90. The number of nitrogens with zero attached hydrogens (tertiary/aromatic N) is 2. The Hall–Kier alpha value is -2.02. The van der Waals surface area contributed by atoms with E-state index in [1.54, 1.807) is 18.3 Å². The zero-order chi connectivity index (χ0) is 11.3. The summed E-state index contributed by atoms with van der Waals surface area (Å²) in [4.78, 5) is 17.5. The van der Waals surface area contributed by atoms with Crippen LogP contribution in [0.5, 0.6) is 0 Å². The van der Waals surface area contributed by atoms with Crippen molar-refractivity contribution in [1.82, 2.24) is 10.3 Å². The lowest BCUT2D eigenvalue weighted by molar-refractivity contribution is 0.0958. The Morgan fingerprint density at radius 1 is 1.67 bits per heavy atom. The molecule has 4 nitrogen and oxygen atoms in total. The average molecular weight is 203 g/mol. The average Bonchev–Trinajstić information content (AvgIpc) is 2.26. The second kappa shape index (κ2) is 5.01. The molecular formula is C11H13N3O. The van der Waals surface area contributed by atoms with Crippen molar-refractivity contribution in [1.29, 1.82) is 0 Å². The normalized spacial score (nSPS) is 9.13. The first-order valence-electron chi connectivity index (χ1n) is 4.50. The van der Waals surface area contributed by atoms with Crippen molar-refractivity contribution >= 4 is 11.7 Å². The van der Waals surface area contributed by atoms with E-state index in [0.717, 1.165) is 5.82 Å². The fourth-order valence-corrected chi connectivity index (χ4v) is 1.04. The number of rotatable bonds is 3. The van der Waals surface area contributed by atoms with Crippen LogP contribution in [-0.4, -0.2) is 31.5 Å². The molecule has 0 radical (unpaired) electrons. The molecule has 0 fully saturated rings. The lowest BCUT2D eigenvalue weighted by atomic mass is 10.2. The Morgan fingerprint density at radius 3 is 3.00 bits per heavy atom. The molecule has 0 spiro atoms. The van der Waals surface area contributed by atoms with E-state index in [1.807, 2.05) is 19.0 Å². The summed E-state index contributed by atoms with van der Waals surface area (Å²) >= 11 is 0. The van der Waals surface area contributed by atoms with Gasteiger partial charge in [0.2, 0.25) is 0 Å². The molecule has 1 amide bonds. The van der Waals surface area contributed by atoms with Gasteiger partial charge >= 0.3 is 0 Å². The number of carbonyl (C=O) groups is 1. The van der Waals surface area contributed by atoms with Crippen molar-refractivity contribution < 1.29 is 4.79 Å². The van der Waals surface area contributed by atoms with Crippen LogP contribution in [0.3, 0.4) is 0 Å². The molecule has 4 heteroatoms. The summed E-state index contributed by atoms with van der Waals surface area (Å²) < 4.78 is 0. The van der Waals surface area contributed by atoms with E-state index < -0.39 is 0 Å². The minimum atomic E-state index is -0.182. The van der Waals surface area contributed by atoms with Gasteiger partial charge in [0.25, 0.3) is 5.91 Å². The van der Waals surface area contributed by atoms with E-state index in [-0.39, 0.29) is 12.5 Å². The van der Waals surface area contributed by atoms with Crippen molar-refractivity contribution in [2.75, 3.05) is 25.5 Å². The van der Waals surface area contributed by atoms with Crippen molar-refractivity contribution in [3.05, 3.63) is 23.9 Å². The second-order valence-electron chi connectivity index (χ2n) is 3.18. The van der Waals surface area contributed by atoms with Crippen LogP contribution in [0.1, 0.15) is 10.4 Å². The molecule has 78 valence electrons. The van der Waals surface area contributed by atoms with Crippen LogP contribution in [0, 0.1) is 12.3 Å². The van der Waals surface area contributed by atoms with Crippen LogP contribution in [-0.2, 0) is 0 Å². The zero-order valence-electron chi connectivity index (χ0n) is 8.82. The molecule has 0 bridgehead atoms. The van der Waals surface area contributed by atoms with Crippen LogP contribution < -0.4 is 10.2 Å². The first-order chi connectivity index (χ1) is 7.15. The Labute approximate surface area is 89.3 Å². The SMILES string of the molecule is C#CCNC(=O)c1ccnc(N(C)C)c1. The highest BCUT2D eigenvalue weighted by Gasteiger charge is 2.06. The zero-order valence-corrected chi connectivity index (χ0v) is 8.82. The minimum Gasteiger partial charge on any atom is -0.363 e. The fraction of sp³-hybridized carbons (Fsp3) is 0.273. The van der Waals surface area contributed by atoms with Crippen molar-refractivity contribution in [3.8, 4) is 12.3 Å². The van der Waals surface area contributed by atoms with E-state index in [1.165, 1.54) is 0 Å². The Kier molecular flexibility index (Phi) is 3.69. The van der Waals surface area contributed by atoms with Gasteiger partial charge in [-0.25, -0.2) is 4.98 Å². The third-order valence-corrected chi connectivity index (χ3v) is 1.82. The van der Waals surface area contributed by atoms with Gasteiger partial charge in [0.15, 0.2) is 0 Å². The van der Waals surface area contributed by atoms with E-state index in [2.05, 4.69) is 16.2 Å². The number of hydrogen-bond acceptors (Lipinski definition) is 3. The molecule has 0 aromatic carbocycles. The highest BCUT2D eigenvalue weighted by atomic mass is 16.1. The van der Waals surface area contributed by atoms with Gasteiger partial charge in [-0.05, 0) is 12.1 Å². The summed E-state index contributed by atoms with van der Waals surface area (Å²) in [5, 5.41) is 2.59. The monoisotopic (exact) mass is 203 g/mol. The smallest absolute Gasteiger partial charge is 0.252 e. The molecule has 0 aliphatic rings. The molecule has 1 N–H and O–H groups in total. The maximum Gasteiger partial charge on any atom is 0.252 e. The van der Waals surface area contributed by atoms with Gasteiger partial charge in [0, 0.05) is 25.9 Å². The molecule has 1 aromatic rings. The summed E-state index contributed by atoms with van der Waals surface area (Å²) in [6.45, 7) is 0.235. The van der Waals surface area contributed by atoms with Gasteiger partial charge in [-0.15, -0.1) is 6.42 Å². The van der Waals surface area contributed by atoms with Crippen LogP contribution in [0.25, 0.3) is 0 Å². The molecule has 0 saturated heterocycles. The van der Waals surface area contributed by atoms with Crippen LogP contribution in [0.4, 0.5) is 5.82 Å². The lowest BCUT2D eigenvalue weighted by Gasteiger charge is -2.11. The van der Waals surface area contributed by atoms with Crippen LogP contribution in [0.2, 0.25) is 0 Å². The highest BCUT2D eigenvalue weighted by Crippen LogP contribution is 2.08. The molecule has 1 rings (SSSR count). The largest absolute Gasteiger partial charge is 0.363 e.